The van der Waals surface area contributed by atoms with Gasteiger partial charge < -0.3 is 14.8 Å². The molecule has 1 aliphatic rings. The van der Waals surface area contributed by atoms with Crippen molar-refractivity contribution in [1.82, 2.24) is 10.3 Å². The molecule has 0 spiro atoms. The molecule has 1 N–H and O–H groups in total. The van der Waals surface area contributed by atoms with Gasteiger partial charge in [-0.2, -0.15) is 0 Å². The summed E-state index contributed by atoms with van der Waals surface area (Å²) in [5.74, 6) is 0.344. The second-order valence-electron chi connectivity index (χ2n) is 5.90. The van der Waals surface area contributed by atoms with E-state index in [4.69, 9.17) is 21.1 Å². The highest BCUT2D eigenvalue weighted by Crippen LogP contribution is 2.22. The molecule has 1 aliphatic heterocycles. The van der Waals surface area contributed by atoms with Crippen molar-refractivity contribution in [2.45, 2.75) is 38.6 Å². The molecule has 2 heterocycles. The van der Waals surface area contributed by atoms with E-state index in [1.165, 1.54) is 0 Å². The Bertz CT molecular complexity index is 506. The van der Waals surface area contributed by atoms with Gasteiger partial charge in [-0.25, -0.2) is 4.98 Å². The van der Waals surface area contributed by atoms with E-state index in [1.807, 2.05) is 13.8 Å². The number of nitrogens with zero attached hydrogens (tertiary/aromatic N) is 1. The van der Waals surface area contributed by atoms with E-state index in [9.17, 15) is 4.79 Å². The van der Waals surface area contributed by atoms with Crippen LogP contribution in [0.25, 0.3) is 0 Å². The molecule has 2 rings (SSSR count). The molecule has 22 heavy (non-hydrogen) atoms. The Labute approximate surface area is 136 Å². The van der Waals surface area contributed by atoms with Gasteiger partial charge in [0.1, 0.15) is 11.6 Å². The van der Waals surface area contributed by atoms with Gasteiger partial charge >= 0.3 is 0 Å². The van der Waals surface area contributed by atoms with Crippen LogP contribution in [0.1, 0.15) is 33.1 Å². The summed E-state index contributed by atoms with van der Waals surface area (Å²) in [6.07, 6.45) is 4.18. The lowest BCUT2D eigenvalue weighted by Crippen LogP contribution is -2.52. The van der Waals surface area contributed by atoms with E-state index in [0.29, 0.717) is 24.1 Å². The Morgan fingerprint density at radius 1 is 1.64 bits per heavy atom. The summed E-state index contributed by atoms with van der Waals surface area (Å²) >= 11 is 6.03. The molecule has 1 aromatic rings. The number of pyridine rings is 1. The van der Waals surface area contributed by atoms with Crippen LogP contribution in [0, 0.1) is 5.92 Å². The Morgan fingerprint density at radius 2 is 2.45 bits per heavy atom. The topological polar surface area (TPSA) is 60.5 Å². The van der Waals surface area contributed by atoms with Crippen LogP contribution in [0.5, 0.6) is 5.88 Å². The lowest BCUT2D eigenvalue weighted by molar-refractivity contribution is -0.131. The van der Waals surface area contributed by atoms with Crippen molar-refractivity contribution in [2.24, 2.45) is 5.92 Å². The van der Waals surface area contributed by atoms with E-state index in [0.717, 1.165) is 25.9 Å². The first-order valence-electron chi connectivity index (χ1n) is 7.67. The summed E-state index contributed by atoms with van der Waals surface area (Å²) < 4.78 is 11.1. The highest BCUT2D eigenvalue weighted by molar-refractivity contribution is 6.31. The molecule has 2 atom stereocenters. The molecule has 1 amide bonds. The fourth-order valence-corrected chi connectivity index (χ4v) is 2.45. The van der Waals surface area contributed by atoms with Crippen LogP contribution < -0.4 is 10.1 Å². The van der Waals surface area contributed by atoms with E-state index < -0.39 is 5.54 Å². The molecule has 1 aromatic heterocycles. The molecule has 1 fully saturated rings. The number of hydrogen-bond donors (Lipinski definition) is 1. The summed E-state index contributed by atoms with van der Waals surface area (Å²) in [7, 11) is 0. The molecule has 0 radical (unpaired) electrons. The predicted molar refractivity (Wildman–Crippen MR) is 85.1 cm³/mol. The van der Waals surface area contributed by atoms with E-state index >= 15 is 0 Å². The number of aromatic nitrogens is 1. The van der Waals surface area contributed by atoms with Gasteiger partial charge in [0.15, 0.2) is 0 Å². The van der Waals surface area contributed by atoms with E-state index in [2.05, 4.69) is 10.3 Å². The Kier molecular flexibility index (Phi) is 6.03. The van der Waals surface area contributed by atoms with Crippen molar-refractivity contribution in [3.8, 4) is 5.88 Å². The smallest absolute Gasteiger partial charge is 0.232 e. The molecule has 5 nitrogen and oxygen atoms in total. The number of rotatable bonds is 6. The lowest BCUT2D eigenvalue weighted by atomic mass is 9.96. The van der Waals surface area contributed by atoms with Crippen molar-refractivity contribution >= 4 is 17.5 Å². The summed E-state index contributed by atoms with van der Waals surface area (Å²) in [6.45, 7) is 5.54. The average Bonchev–Trinajstić information content (AvgIpc) is 2.55. The normalized spacial score (nSPS) is 21.0. The molecule has 0 aromatic carbocycles. The van der Waals surface area contributed by atoms with Gasteiger partial charge in [-0.1, -0.05) is 18.5 Å². The quantitative estimate of drug-likeness (QED) is 0.873. The summed E-state index contributed by atoms with van der Waals surface area (Å²) in [4.78, 5) is 16.5. The second kappa shape index (κ2) is 7.79. The fourth-order valence-electron chi connectivity index (χ4n) is 2.28. The maximum Gasteiger partial charge on any atom is 0.232 e. The molecular formula is C16H23ClN2O3. The maximum atomic E-state index is 12.4. The van der Waals surface area contributed by atoms with Crippen molar-refractivity contribution in [3.63, 3.8) is 0 Å². The first kappa shape index (κ1) is 17.0. The van der Waals surface area contributed by atoms with Gasteiger partial charge in [0.25, 0.3) is 0 Å². The number of amides is 1. The Balaban J connectivity index is 1.93. The molecule has 6 heteroatoms. The van der Waals surface area contributed by atoms with E-state index in [1.54, 1.807) is 18.3 Å². The molecule has 0 unspecified atom stereocenters. The number of halogens is 1. The maximum absolute atomic E-state index is 12.4. The highest BCUT2D eigenvalue weighted by atomic mass is 35.5. The zero-order valence-corrected chi connectivity index (χ0v) is 13.9. The summed E-state index contributed by atoms with van der Waals surface area (Å²) in [5, 5.41) is 3.55. The molecule has 0 bridgehead atoms. The van der Waals surface area contributed by atoms with Crippen molar-refractivity contribution in [1.29, 1.82) is 0 Å². The number of ether oxygens (including phenoxy) is 2. The highest BCUT2D eigenvalue weighted by Gasteiger charge is 2.30. The molecule has 1 saturated heterocycles. The molecule has 0 saturated carbocycles. The molecular weight excluding hydrogens is 304 g/mol. The standard InChI is InChI=1S/C16H23ClN2O3/c1-3-16(2,11-22-15-13(17)7-4-8-18-15)19-14(20)12-6-5-9-21-10-12/h4,7-8,12H,3,5-6,9-11H2,1-2H3,(H,19,20)/t12-,16-/m0/s1. The van der Waals surface area contributed by atoms with Crippen LogP contribution in [-0.4, -0.2) is 36.3 Å². The largest absolute Gasteiger partial charge is 0.474 e. The van der Waals surface area contributed by atoms with Gasteiger partial charge in [-0.15, -0.1) is 0 Å². The minimum Gasteiger partial charge on any atom is -0.474 e. The summed E-state index contributed by atoms with van der Waals surface area (Å²) in [5.41, 5.74) is -0.463. The fraction of sp³-hybridized carbons (Fsp3) is 0.625. The van der Waals surface area contributed by atoms with Crippen LogP contribution >= 0.6 is 11.6 Å². The van der Waals surface area contributed by atoms with Gasteiger partial charge in [0.2, 0.25) is 11.8 Å². The van der Waals surface area contributed by atoms with Gasteiger partial charge in [-0.05, 0) is 38.3 Å². The molecule has 0 aliphatic carbocycles. The Hall–Kier alpha value is -1.33. The summed E-state index contributed by atoms with van der Waals surface area (Å²) in [6, 6.07) is 3.48. The second-order valence-corrected chi connectivity index (χ2v) is 6.30. The zero-order chi connectivity index (χ0) is 16.0. The van der Waals surface area contributed by atoms with Crippen LogP contribution in [-0.2, 0) is 9.53 Å². The third kappa shape index (κ3) is 4.58. The number of carbonyl (C=O) groups is 1. The van der Waals surface area contributed by atoms with Gasteiger partial charge in [0, 0.05) is 12.8 Å². The number of carbonyl (C=O) groups excluding carboxylic acids is 1. The third-order valence-electron chi connectivity index (χ3n) is 3.99. The van der Waals surface area contributed by atoms with Crippen LogP contribution in [0.4, 0.5) is 0 Å². The Morgan fingerprint density at radius 3 is 3.09 bits per heavy atom. The SMILES string of the molecule is CC[C@@](C)(COc1ncccc1Cl)NC(=O)[C@H]1CCCOC1. The van der Waals surface area contributed by atoms with Gasteiger partial charge in [-0.3, -0.25) is 4.79 Å². The van der Waals surface area contributed by atoms with Crippen LogP contribution in [0.15, 0.2) is 18.3 Å². The van der Waals surface area contributed by atoms with Crippen molar-refractivity contribution < 1.29 is 14.3 Å². The zero-order valence-electron chi connectivity index (χ0n) is 13.1. The van der Waals surface area contributed by atoms with Crippen LogP contribution in [0.3, 0.4) is 0 Å². The third-order valence-corrected chi connectivity index (χ3v) is 4.28. The van der Waals surface area contributed by atoms with Crippen molar-refractivity contribution in [2.75, 3.05) is 19.8 Å². The minimum atomic E-state index is -0.463. The minimum absolute atomic E-state index is 0.0276. The first-order chi connectivity index (χ1) is 10.5. The molecule has 122 valence electrons. The van der Waals surface area contributed by atoms with E-state index in [-0.39, 0.29) is 11.8 Å². The predicted octanol–water partition coefficient (Wildman–Crippen LogP) is 2.83. The number of hydrogen-bond acceptors (Lipinski definition) is 4. The lowest BCUT2D eigenvalue weighted by Gasteiger charge is -2.32. The first-order valence-corrected chi connectivity index (χ1v) is 8.05. The average molecular weight is 327 g/mol. The van der Waals surface area contributed by atoms with Crippen LogP contribution in [0.2, 0.25) is 5.02 Å². The van der Waals surface area contributed by atoms with Gasteiger partial charge in [0.05, 0.1) is 18.1 Å². The monoisotopic (exact) mass is 326 g/mol. The van der Waals surface area contributed by atoms with Crippen molar-refractivity contribution in [3.05, 3.63) is 23.4 Å². The number of nitrogens with one attached hydrogen (secondary N) is 1.